The average Bonchev–Trinajstić information content (AvgIpc) is 2.48. The Hall–Kier alpha value is -3.02. The Balaban J connectivity index is 2.01. The number of aromatic amines is 1. The highest BCUT2D eigenvalue weighted by atomic mass is 19.1. The zero-order valence-corrected chi connectivity index (χ0v) is 11.7. The molecule has 2 heterocycles. The monoisotopic (exact) mass is 297 g/mol. The quantitative estimate of drug-likeness (QED) is 0.763. The second-order valence-electron chi connectivity index (χ2n) is 4.84. The molecule has 22 heavy (non-hydrogen) atoms. The molecule has 0 aliphatic rings. The third-order valence-electron chi connectivity index (χ3n) is 3.22. The maximum atomic E-state index is 13.3. The molecule has 5 nitrogen and oxygen atoms in total. The number of halogens is 1. The molecule has 1 amide bonds. The molecule has 1 aromatic carbocycles. The molecular formula is C16H12FN3O2. The largest absolute Gasteiger partial charge is 0.360 e. The molecule has 0 saturated carbocycles. The van der Waals surface area contributed by atoms with Gasteiger partial charge in [0.2, 0.25) is 5.43 Å². The number of benzene rings is 1. The molecule has 2 N–H and O–H groups in total. The SMILES string of the molecule is Cc1cccc(NC(=O)c2c[nH]c3ccc(F)cc3c2=O)n1. The first-order valence-electron chi connectivity index (χ1n) is 6.60. The van der Waals surface area contributed by atoms with Crippen LogP contribution >= 0.6 is 0 Å². The molecule has 0 bridgehead atoms. The predicted molar refractivity (Wildman–Crippen MR) is 81.5 cm³/mol. The summed E-state index contributed by atoms with van der Waals surface area (Å²) in [7, 11) is 0. The number of pyridine rings is 2. The van der Waals surface area contributed by atoms with Gasteiger partial charge in [-0.1, -0.05) is 6.07 Å². The van der Waals surface area contributed by atoms with Crippen molar-refractivity contribution in [1.82, 2.24) is 9.97 Å². The zero-order chi connectivity index (χ0) is 15.7. The second kappa shape index (κ2) is 5.40. The summed E-state index contributed by atoms with van der Waals surface area (Å²) in [5, 5.41) is 2.68. The second-order valence-corrected chi connectivity index (χ2v) is 4.84. The fourth-order valence-electron chi connectivity index (χ4n) is 2.16. The number of H-pyrrole nitrogens is 1. The van der Waals surface area contributed by atoms with Gasteiger partial charge >= 0.3 is 0 Å². The van der Waals surface area contributed by atoms with E-state index in [0.717, 1.165) is 11.8 Å². The molecule has 0 radical (unpaired) electrons. The van der Waals surface area contributed by atoms with E-state index in [9.17, 15) is 14.0 Å². The minimum absolute atomic E-state index is 0.0959. The van der Waals surface area contributed by atoms with E-state index in [1.54, 1.807) is 25.1 Å². The number of anilines is 1. The van der Waals surface area contributed by atoms with Gasteiger partial charge in [-0.05, 0) is 37.3 Å². The number of hydrogen-bond donors (Lipinski definition) is 2. The van der Waals surface area contributed by atoms with E-state index in [4.69, 9.17) is 0 Å². The van der Waals surface area contributed by atoms with Crippen LogP contribution in [0.2, 0.25) is 0 Å². The lowest BCUT2D eigenvalue weighted by Crippen LogP contribution is -2.22. The summed E-state index contributed by atoms with van der Waals surface area (Å²) in [6, 6.07) is 8.97. The van der Waals surface area contributed by atoms with Crippen LogP contribution in [-0.4, -0.2) is 15.9 Å². The highest BCUT2D eigenvalue weighted by molar-refractivity contribution is 6.05. The summed E-state index contributed by atoms with van der Waals surface area (Å²) in [5.41, 5.74) is 0.587. The number of carbonyl (C=O) groups excluding carboxylic acids is 1. The normalized spacial score (nSPS) is 10.6. The smallest absolute Gasteiger partial charge is 0.262 e. The van der Waals surface area contributed by atoms with Crippen molar-refractivity contribution in [2.75, 3.05) is 5.32 Å². The van der Waals surface area contributed by atoms with Gasteiger partial charge in [-0.15, -0.1) is 0 Å². The number of nitrogens with zero attached hydrogens (tertiary/aromatic N) is 1. The first-order valence-corrected chi connectivity index (χ1v) is 6.60. The van der Waals surface area contributed by atoms with Gasteiger partial charge in [0, 0.05) is 22.8 Å². The van der Waals surface area contributed by atoms with Crippen molar-refractivity contribution in [2.45, 2.75) is 6.92 Å². The van der Waals surface area contributed by atoms with Crippen molar-refractivity contribution in [3.8, 4) is 0 Å². The highest BCUT2D eigenvalue weighted by Gasteiger charge is 2.14. The Labute approximate surface area is 124 Å². The maximum Gasteiger partial charge on any atom is 0.262 e. The van der Waals surface area contributed by atoms with Gasteiger partial charge in [0.15, 0.2) is 0 Å². The van der Waals surface area contributed by atoms with Crippen molar-refractivity contribution in [3.63, 3.8) is 0 Å². The molecule has 6 heteroatoms. The number of hydrogen-bond acceptors (Lipinski definition) is 3. The Morgan fingerprint density at radius 2 is 2.09 bits per heavy atom. The van der Waals surface area contributed by atoms with E-state index in [-0.39, 0.29) is 10.9 Å². The molecule has 2 aromatic heterocycles. The Morgan fingerprint density at radius 3 is 2.86 bits per heavy atom. The van der Waals surface area contributed by atoms with Gasteiger partial charge in [0.25, 0.3) is 5.91 Å². The molecule has 0 aliphatic heterocycles. The topological polar surface area (TPSA) is 74.8 Å². The van der Waals surface area contributed by atoms with Crippen molar-refractivity contribution in [1.29, 1.82) is 0 Å². The average molecular weight is 297 g/mol. The lowest BCUT2D eigenvalue weighted by molar-refractivity contribution is 0.102. The molecule has 0 unspecified atom stereocenters. The number of fused-ring (bicyclic) bond motifs is 1. The number of nitrogens with one attached hydrogen (secondary N) is 2. The van der Waals surface area contributed by atoms with Crippen LogP contribution in [0, 0.1) is 12.7 Å². The van der Waals surface area contributed by atoms with E-state index in [1.165, 1.54) is 18.3 Å². The summed E-state index contributed by atoms with van der Waals surface area (Å²) in [6.45, 7) is 1.79. The Morgan fingerprint density at radius 1 is 1.27 bits per heavy atom. The summed E-state index contributed by atoms with van der Waals surface area (Å²) >= 11 is 0. The Kier molecular flexibility index (Phi) is 3.42. The molecule has 3 rings (SSSR count). The third-order valence-corrected chi connectivity index (χ3v) is 3.22. The van der Waals surface area contributed by atoms with Crippen LogP contribution in [-0.2, 0) is 0 Å². The van der Waals surface area contributed by atoms with Crippen molar-refractivity contribution in [3.05, 3.63) is 69.9 Å². The zero-order valence-electron chi connectivity index (χ0n) is 11.7. The number of amides is 1. The van der Waals surface area contributed by atoms with Gasteiger partial charge < -0.3 is 10.3 Å². The highest BCUT2D eigenvalue weighted by Crippen LogP contribution is 2.11. The van der Waals surface area contributed by atoms with Crippen LogP contribution in [0.25, 0.3) is 10.9 Å². The molecule has 110 valence electrons. The van der Waals surface area contributed by atoms with Crippen LogP contribution in [0.3, 0.4) is 0 Å². The van der Waals surface area contributed by atoms with E-state index in [1.807, 2.05) is 0 Å². The standard InChI is InChI=1S/C16H12FN3O2/c1-9-3-2-4-14(19-9)20-16(22)12-8-18-13-6-5-10(17)7-11(13)15(12)21/h2-8H,1H3,(H,18,21)(H,19,20,22). The number of rotatable bonds is 2. The van der Waals surface area contributed by atoms with Gasteiger partial charge in [-0.25, -0.2) is 9.37 Å². The van der Waals surface area contributed by atoms with Crippen molar-refractivity contribution >= 4 is 22.6 Å². The van der Waals surface area contributed by atoms with Crippen LogP contribution in [0.5, 0.6) is 0 Å². The fourth-order valence-corrected chi connectivity index (χ4v) is 2.16. The summed E-state index contributed by atoms with van der Waals surface area (Å²) in [4.78, 5) is 31.5. The van der Waals surface area contributed by atoms with Gasteiger partial charge in [0.05, 0.1) is 0 Å². The van der Waals surface area contributed by atoms with Crippen LogP contribution < -0.4 is 10.7 Å². The fraction of sp³-hybridized carbons (Fsp3) is 0.0625. The van der Waals surface area contributed by atoms with Crippen molar-refractivity contribution in [2.24, 2.45) is 0 Å². The van der Waals surface area contributed by atoms with Gasteiger partial charge in [0.1, 0.15) is 17.2 Å². The third kappa shape index (κ3) is 2.58. The molecule has 0 spiro atoms. The lowest BCUT2D eigenvalue weighted by atomic mass is 10.1. The van der Waals surface area contributed by atoms with Crippen LogP contribution in [0.4, 0.5) is 10.2 Å². The predicted octanol–water partition coefficient (Wildman–Crippen LogP) is 2.62. The van der Waals surface area contributed by atoms with E-state index in [2.05, 4.69) is 15.3 Å². The van der Waals surface area contributed by atoms with E-state index >= 15 is 0 Å². The molecule has 0 aliphatic carbocycles. The first kappa shape index (κ1) is 13.9. The number of carbonyl (C=O) groups is 1. The molecule has 0 atom stereocenters. The summed E-state index contributed by atoms with van der Waals surface area (Å²) in [6.07, 6.45) is 1.31. The van der Waals surface area contributed by atoms with E-state index in [0.29, 0.717) is 11.3 Å². The minimum atomic E-state index is -0.592. The Bertz CT molecular complexity index is 934. The van der Waals surface area contributed by atoms with Gasteiger partial charge in [-0.3, -0.25) is 9.59 Å². The van der Waals surface area contributed by atoms with Crippen LogP contribution in [0.1, 0.15) is 16.1 Å². The molecule has 0 saturated heterocycles. The summed E-state index contributed by atoms with van der Waals surface area (Å²) < 4.78 is 13.3. The van der Waals surface area contributed by atoms with Crippen LogP contribution in [0.15, 0.2) is 47.4 Å². The van der Waals surface area contributed by atoms with E-state index < -0.39 is 17.2 Å². The molecule has 0 fully saturated rings. The molecule has 3 aromatic rings. The minimum Gasteiger partial charge on any atom is -0.360 e. The first-order chi connectivity index (χ1) is 10.5. The number of aromatic nitrogens is 2. The van der Waals surface area contributed by atoms with Crippen molar-refractivity contribution < 1.29 is 9.18 Å². The maximum absolute atomic E-state index is 13.3. The lowest BCUT2D eigenvalue weighted by Gasteiger charge is -2.06. The molecular weight excluding hydrogens is 285 g/mol. The summed E-state index contributed by atoms with van der Waals surface area (Å²) in [5.74, 6) is -0.773. The number of aryl methyl sites for hydroxylation is 1. The van der Waals surface area contributed by atoms with Gasteiger partial charge in [-0.2, -0.15) is 0 Å².